The number of hydrogen-bond acceptors (Lipinski definition) is 4. The van der Waals surface area contributed by atoms with Gasteiger partial charge in [-0.25, -0.2) is 0 Å². The molecule has 0 aromatic rings. The Bertz CT molecular complexity index is 403. The van der Waals surface area contributed by atoms with Crippen LogP contribution in [-0.2, 0) is 0 Å². The smallest absolute Gasteiger partial charge is 0.191 e. The Morgan fingerprint density at radius 3 is 2.56 bits per heavy atom. The molecule has 25 heavy (non-hydrogen) atoms. The highest BCUT2D eigenvalue weighted by Gasteiger charge is 2.31. The van der Waals surface area contributed by atoms with Crippen molar-refractivity contribution < 1.29 is 0 Å². The largest absolute Gasteiger partial charge is 0.355 e. The first-order valence-corrected chi connectivity index (χ1v) is 9.61. The summed E-state index contributed by atoms with van der Waals surface area (Å²) in [5, 5.41) is 7.13. The first kappa shape index (κ1) is 22.9. The summed E-state index contributed by atoms with van der Waals surface area (Å²) in [7, 11) is 4.09. The summed E-state index contributed by atoms with van der Waals surface area (Å²) in [6.45, 7) is 16.0. The summed E-state index contributed by atoms with van der Waals surface area (Å²) in [5.41, 5.74) is 0. The molecule has 0 saturated carbocycles. The van der Waals surface area contributed by atoms with Crippen molar-refractivity contribution in [1.29, 1.82) is 0 Å². The summed E-state index contributed by atoms with van der Waals surface area (Å²) in [4.78, 5) is 11.9. The van der Waals surface area contributed by atoms with Crippen LogP contribution in [0.2, 0.25) is 0 Å². The molecule has 2 atom stereocenters. The molecule has 2 rings (SSSR count). The molecule has 0 bridgehead atoms. The molecule has 0 aromatic carbocycles. The molecular formula is C18H39IN6. The fourth-order valence-electron chi connectivity index (χ4n) is 3.64. The van der Waals surface area contributed by atoms with E-state index in [2.05, 4.69) is 58.1 Å². The molecule has 0 spiro atoms. The van der Waals surface area contributed by atoms with Crippen molar-refractivity contribution in [3.05, 3.63) is 0 Å². The zero-order chi connectivity index (χ0) is 17.5. The van der Waals surface area contributed by atoms with Crippen LogP contribution >= 0.6 is 24.0 Å². The van der Waals surface area contributed by atoms with Crippen LogP contribution in [0.15, 0.2) is 4.99 Å². The summed E-state index contributed by atoms with van der Waals surface area (Å²) in [5.74, 6) is 1.61. The monoisotopic (exact) mass is 466 g/mol. The number of likely N-dealkylation sites (tertiary alicyclic amines) is 1. The third-order valence-electron chi connectivity index (χ3n) is 5.45. The molecule has 0 radical (unpaired) electrons. The van der Waals surface area contributed by atoms with Gasteiger partial charge in [0.2, 0.25) is 0 Å². The van der Waals surface area contributed by atoms with Crippen LogP contribution in [0.4, 0.5) is 0 Å². The first-order chi connectivity index (χ1) is 11.5. The van der Waals surface area contributed by atoms with Crippen LogP contribution in [0.1, 0.15) is 27.2 Å². The quantitative estimate of drug-likeness (QED) is 0.362. The van der Waals surface area contributed by atoms with Crippen molar-refractivity contribution >= 4 is 29.9 Å². The van der Waals surface area contributed by atoms with Gasteiger partial charge in [-0.2, -0.15) is 0 Å². The topological polar surface area (TPSA) is 46.1 Å². The minimum Gasteiger partial charge on any atom is -0.355 e. The zero-order valence-corrected chi connectivity index (χ0v) is 19.1. The van der Waals surface area contributed by atoms with E-state index >= 15 is 0 Å². The molecular weight excluding hydrogens is 427 g/mol. The Kier molecular flexibility index (Phi) is 10.6. The van der Waals surface area contributed by atoms with Crippen LogP contribution in [0.25, 0.3) is 0 Å². The van der Waals surface area contributed by atoms with E-state index in [-0.39, 0.29) is 24.0 Å². The maximum absolute atomic E-state index is 4.42. The summed E-state index contributed by atoms with van der Waals surface area (Å²) in [6.07, 6.45) is 1.27. The van der Waals surface area contributed by atoms with Crippen molar-refractivity contribution in [3.63, 3.8) is 0 Å². The molecule has 2 aliphatic heterocycles. The van der Waals surface area contributed by atoms with E-state index in [0.29, 0.717) is 18.0 Å². The Labute approximate surface area is 171 Å². The molecule has 2 aliphatic rings. The highest BCUT2D eigenvalue weighted by molar-refractivity contribution is 14.0. The fourth-order valence-corrected chi connectivity index (χ4v) is 3.64. The van der Waals surface area contributed by atoms with E-state index in [1.807, 2.05) is 7.05 Å². The number of halogens is 1. The lowest BCUT2D eigenvalue weighted by atomic mass is 10.1. The van der Waals surface area contributed by atoms with Crippen LogP contribution < -0.4 is 10.6 Å². The Morgan fingerprint density at radius 2 is 1.92 bits per heavy atom. The Balaban J connectivity index is 0.00000312. The van der Waals surface area contributed by atoms with E-state index in [1.54, 1.807) is 0 Å². The van der Waals surface area contributed by atoms with Gasteiger partial charge in [-0.1, -0.05) is 6.92 Å². The number of nitrogens with one attached hydrogen (secondary N) is 2. The lowest BCUT2D eigenvalue weighted by molar-refractivity contribution is 0.265. The maximum Gasteiger partial charge on any atom is 0.191 e. The summed E-state index contributed by atoms with van der Waals surface area (Å²) < 4.78 is 0. The highest BCUT2D eigenvalue weighted by Crippen LogP contribution is 2.18. The van der Waals surface area contributed by atoms with Gasteiger partial charge in [-0.15, -0.1) is 24.0 Å². The van der Waals surface area contributed by atoms with E-state index in [0.717, 1.165) is 25.6 Å². The van der Waals surface area contributed by atoms with Crippen molar-refractivity contribution in [3.8, 4) is 0 Å². The van der Waals surface area contributed by atoms with Crippen molar-refractivity contribution in [1.82, 2.24) is 25.3 Å². The van der Waals surface area contributed by atoms with Gasteiger partial charge in [0.25, 0.3) is 0 Å². The zero-order valence-electron chi connectivity index (χ0n) is 16.8. The number of hydrogen-bond donors (Lipinski definition) is 2. The first-order valence-electron chi connectivity index (χ1n) is 9.61. The fraction of sp³-hybridized carbons (Fsp3) is 0.944. The second-order valence-electron chi connectivity index (χ2n) is 7.77. The number of likely N-dealkylation sites (N-methyl/N-ethyl adjacent to an activating group) is 1. The summed E-state index contributed by atoms with van der Waals surface area (Å²) >= 11 is 0. The minimum absolute atomic E-state index is 0. The molecule has 2 N–H and O–H groups in total. The van der Waals surface area contributed by atoms with E-state index in [9.17, 15) is 0 Å². The lowest BCUT2D eigenvalue weighted by Crippen LogP contribution is -2.48. The second-order valence-corrected chi connectivity index (χ2v) is 7.77. The van der Waals surface area contributed by atoms with E-state index in [4.69, 9.17) is 0 Å². The van der Waals surface area contributed by atoms with Gasteiger partial charge in [0.1, 0.15) is 0 Å². The Hall–Kier alpha value is -0.120. The lowest BCUT2D eigenvalue weighted by Gasteiger charge is -2.23. The molecule has 2 heterocycles. The second kappa shape index (κ2) is 11.6. The standard InChI is InChI=1S/C18H38N6.HI/c1-15(2)24-13-16(3)17(14-24)21-18(19-4)20-7-10-23-9-6-8-22(5)11-12-23;/h15-17H,6-14H2,1-5H3,(H2,19,20,21);1H. The predicted octanol–water partition coefficient (Wildman–Crippen LogP) is 1.14. The Morgan fingerprint density at radius 1 is 1.16 bits per heavy atom. The number of rotatable bonds is 5. The van der Waals surface area contributed by atoms with Crippen LogP contribution in [0.3, 0.4) is 0 Å². The predicted molar refractivity (Wildman–Crippen MR) is 118 cm³/mol. The van der Waals surface area contributed by atoms with E-state index < -0.39 is 0 Å². The number of aliphatic imine (C=N–C) groups is 1. The van der Waals surface area contributed by atoms with Crippen molar-refractivity contribution in [2.45, 2.75) is 39.3 Å². The van der Waals surface area contributed by atoms with Gasteiger partial charge < -0.3 is 20.4 Å². The average molecular weight is 466 g/mol. The van der Waals surface area contributed by atoms with Crippen molar-refractivity contribution in [2.75, 3.05) is 66.5 Å². The summed E-state index contributed by atoms with van der Waals surface area (Å²) in [6, 6.07) is 1.11. The molecule has 148 valence electrons. The van der Waals surface area contributed by atoms with Gasteiger partial charge in [0.15, 0.2) is 5.96 Å². The molecule has 0 aliphatic carbocycles. The molecule has 7 heteroatoms. The number of nitrogens with zero attached hydrogens (tertiary/aromatic N) is 4. The normalized spacial score (nSPS) is 27.2. The molecule has 0 aromatic heterocycles. The highest BCUT2D eigenvalue weighted by atomic mass is 127. The third kappa shape index (κ3) is 7.56. The van der Waals surface area contributed by atoms with E-state index in [1.165, 1.54) is 39.1 Å². The maximum atomic E-state index is 4.42. The molecule has 0 amide bonds. The molecule has 6 nitrogen and oxygen atoms in total. The van der Waals surface area contributed by atoms with Gasteiger partial charge in [-0.05, 0) is 46.3 Å². The van der Waals surface area contributed by atoms with Crippen molar-refractivity contribution in [2.24, 2.45) is 10.9 Å². The molecule has 2 fully saturated rings. The SMILES string of the molecule is CN=C(NCCN1CCCN(C)CC1)NC1CN(C(C)C)CC1C.I. The van der Waals surface area contributed by atoms with Gasteiger partial charge in [0.05, 0.1) is 0 Å². The van der Waals surface area contributed by atoms with Gasteiger partial charge in [-0.3, -0.25) is 9.89 Å². The number of guanidine groups is 1. The van der Waals surface area contributed by atoms with Gasteiger partial charge in [0, 0.05) is 58.4 Å². The van der Waals surface area contributed by atoms with Gasteiger partial charge >= 0.3 is 0 Å². The average Bonchev–Trinajstić information content (AvgIpc) is 2.78. The van der Waals surface area contributed by atoms with Crippen LogP contribution in [0.5, 0.6) is 0 Å². The van der Waals surface area contributed by atoms with Crippen LogP contribution in [-0.4, -0.2) is 99.2 Å². The van der Waals surface area contributed by atoms with Crippen LogP contribution in [0, 0.1) is 5.92 Å². The third-order valence-corrected chi connectivity index (χ3v) is 5.45. The molecule has 2 saturated heterocycles. The minimum atomic E-state index is 0. The molecule has 2 unspecified atom stereocenters.